The molecule has 176 valence electrons. The molecule has 33 heavy (non-hydrogen) atoms. The Kier molecular flexibility index (Phi) is 7.02. The molecule has 3 aliphatic heterocycles. The Hall–Kier alpha value is -3.27. The Morgan fingerprint density at radius 3 is 2.64 bits per heavy atom. The molecule has 0 spiro atoms. The predicted octanol–water partition coefficient (Wildman–Crippen LogP) is 0.396. The summed E-state index contributed by atoms with van der Waals surface area (Å²) >= 11 is 0. The quantitative estimate of drug-likeness (QED) is 0.312. The van der Waals surface area contributed by atoms with Gasteiger partial charge in [0.25, 0.3) is 11.8 Å². The highest BCUT2D eigenvalue weighted by Crippen LogP contribution is 2.32. The number of fused-ring (bicyclic) bond motifs is 1. The smallest absolute Gasteiger partial charge is 0.264 e. The van der Waals surface area contributed by atoms with Crippen molar-refractivity contribution in [3.8, 4) is 0 Å². The highest BCUT2D eigenvalue weighted by atomic mass is 16.2. The summed E-state index contributed by atoms with van der Waals surface area (Å²) in [4.78, 5) is 62.5. The van der Waals surface area contributed by atoms with Crippen LogP contribution < -0.4 is 21.3 Å². The lowest BCUT2D eigenvalue weighted by Gasteiger charge is -2.27. The normalized spacial score (nSPS) is 22.4. The Labute approximate surface area is 191 Å². The zero-order valence-electron chi connectivity index (χ0n) is 18.4. The fraction of sp³-hybridized carbons (Fsp3) is 0.522. The monoisotopic (exact) mass is 455 g/mol. The Morgan fingerprint density at radius 1 is 1.06 bits per heavy atom. The number of carbonyl (C=O) groups excluding carboxylic acids is 5. The first kappa shape index (κ1) is 22.9. The maximum absolute atomic E-state index is 13.1. The summed E-state index contributed by atoms with van der Waals surface area (Å²) in [7, 11) is 0. The standard InChI is InChI=1S/C23H29N5O5/c29-18-7-6-17(21(31)27-18)28-22(32)15-4-3-5-16(20(15)23(28)33)25-9-1-2-10-26-19(30)12-14-8-11-24-13-14/h3-5,14,17,24-25H,1-2,6-13H2,(H,26,30)(H,27,29,31)/t14-,17?/m0/s1. The Bertz CT molecular complexity index is 972. The van der Waals surface area contributed by atoms with Crippen molar-refractivity contribution < 1.29 is 24.0 Å². The molecule has 2 fully saturated rings. The summed E-state index contributed by atoms with van der Waals surface area (Å²) in [6.07, 6.45) is 3.37. The van der Waals surface area contributed by atoms with E-state index in [2.05, 4.69) is 21.3 Å². The van der Waals surface area contributed by atoms with E-state index < -0.39 is 29.7 Å². The van der Waals surface area contributed by atoms with Crippen LogP contribution in [0.5, 0.6) is 0 Å². The number of piperidine rings is 1. The summed E-state index contributed by atoms with van der Waals surface area (Å²) in [5.41, 5.74) is 1.05. The molecule has 0 saturated carbocycles. The first-order valence-electron chi connectivity index (χ1n) is 11.5. The van der Waals surface area contributed by atoms with Gasteiger partial charge in [0.05, 0.1) is 11.1 Å². The molecule has 0 bridgehead atoms. The second kappa shape index (κ2) is 10.1. The molecule has 0 radical (unpaired) electrons. The van der Waals surface area contributed by atoms with Gasteiger partial charge in [0.2, 0.25) is 17.7 Å². The minimum absolute atomic E-state index is 0.0789. The number of unbranched alkanes of at least 4 members (excludes halogenated alkanes) is 1. The first-order valence-corrected chi connectivity index (χ1v) is 11.5. The minimum Gasteiger partial charge on any atom is -0.384 e. The van der Waals surface area contributed by atoms with Gasteiger partial charge in [-0.25, -0.2) is 0 Å². The van der Waals surface area contributed by atoms with Crippen LogP contribution >= 0.6 is 0 Å². The SMILES string of the molecule is O=C(C[C@@H]1CCNC1)NCCCCNc1cccc2c1C(=O)N(C1CCC(=O)NC1=O)C2=O. The summed E-state index contributed by atoms with van der Waals surface area (Å²) in [5.74, 6) is -1.57. The third-order valence-corrected chi connectivity index (χ3v) is 6.35. The van der Waals surface area contributed by atoms with E-state index in [0.717, 1.165) is 37.3 Å². The Balaban J connectivity index is 1.27. The number of nitrogens with one attached hydrogen (secondary N) is 4. The maximum Gasteiger partial charge on any atom is 0.264 e. The van der Waals surface area contributed by atoms with Gasteiger partial charge < -0.3 is 16.0 Å². The van der Waals surface area contributed by atoms with Gasteiger partial charge in [-0.2, -0.15) is 0 Å². The summed E-state index contributed by atoms with van der Waals surface area (Å²) < 4.78 is 0. The highest BCUT2D eigenvalue weighted by molar-refractivity contribution is 6.25. The lowest BCUT2D eigenvalue weighted by atomic mass is 10.0. The van der Waals surface area contributed by atoms with Gasteiger partial charge in [-0.15, -0.1) is 0 Å². The highest BCUT2D eigenvalue weighted by Gasteiger charge is 2.45. The van der Waals surface area contributed by atoms with Gasteiger partial charge >= 0.3 is 0 Å². The number of imide groups is 2. The summed E-state index contributed by atoms with van der Waals surface area (Å²) in [5, 5.41) is 11.6. The van der Waals surface area contributed by atoms with Crippen molar-refractivity contribution in [2.45, 2.75) is 44.6 Å². The number of benzene rings is 1. The molecule has 5 amide bonds. The third-order valence-electron chi connectivity index (χ3n) is 6.35. The van der Waals surface area contributed by atoms with Crippen molar-refractivity contribution in [1.82, 2.24) is 20.9 Å². The first-order chi connectivity index (χ1) is 16.0. The zero-order chi connectivity index (χ0) is 23.4. The van der Waals surface area contributed by atoms with Gasteiger partial charge in [-0.1, -0.05) is 6.07 Å². The van der Waals surface area contributed by atoms with Crippen LogP contribution in [0.3, 0.4) is 0 Å². The number of hydrogen-bond donors (Lipinski definition) is 4. The van der Waals surface area contributed by atoms with E-state index in [9.17, 15) is 24.0 Å². The molecular weight excluding hydrogens is 426 g/mol. The van der Waals surface area contributed by atoms with Crippen molar-refractivity contribution in [3.63, 3.8) is 0 Å². The topological polar surface area (TPSA) is 137 Å². The number of rotatable bonds is 9. The fourth-order valence-electron chi connectivity index (χ4n) is 4.59. The molecule has 0 aliphatic carbocycles. The van der Waals surface area contributed by atoms with E-state index >= 15 is 0 Å². The molecule has 4 rings (SSSR count). The van der Waals surface area contributed by atoms with Gasteiger partial charge in [0.15, 0.2) is 0 Å². The molecule has 1 unspecified atom stereocenters. The van der Waals surface area contributed by atoms with Crippen molar-refractivity contribution in [3.05, 3.63) is 29.3 Å². The fourth-order valence-corrected chi connectivity index (χ4v) is 4.59. The number of hydrogen-bond acceptors (Lipinski definition) is 7. The lowest BCUT2D eigenvalue weighted by Crippen LogP contribution is -2.54. The predicted molar refractivity (Wildman–Crippen MR) is 119 cm³/mol. The van der Waals surface area contributed by atoms with E-state index in [4.69, 9.17) is 0 Å². The molecule has 3 heterocycles. The van der Waals surface area contributed by atoms with Crippen LogP contribution in [0.25, 0.3) is 0 Å². The van der Waals surface area contributed by atoms with Crippen molar-refractivity contribution in [2.75, 3.05) is 31.5 Å². The number of nitrogens with zero attached hydrogens (tertiary/aromatic N) is 1. The number of anilines is 1. The van der Waals surface area contributed by atoms with Crippen LogP contribution in [0.2, 0.25) is 0 Å². The van der Waals surface area contributed by atoms with Crippen LogP contribution in [0.4, 0.5) is 5.69 Å². The van der Waals surface area contributed by atoms with Crippen LogP contribution in [0.1, 0.15) is 59.2 Å². The van der Waals surface area contributed by atoms with Crippen LogP contribution in [0.15, 0.2) is 18.2 Å². The molecule has 0 aromatic heterocycles. The molecule has 4 N–H and O–H groups in total. The molecular formula is C23H29N5O5. The lowest BCUT2D eigenvalue weighted by molar-refractivity contribution is -0.136. The third kappa shape index (κ3) is 5.05. The molecule has 3 aliphatic rings. The van der Waals surface area contributed by atoms with Crippen molar-refractivity contribution in [1.29, 1.82) is 0 Å². The van der Waals surface area contributed by atoms with Crippen LogP contribution in [-0.4, -0.2) is 66.7 Å². The van der Waals surface area contributed by atoms with E-state index in [1.165, 1.54) is 0 Å². The van der Waals surface area contributed by atoms with E-state index in [0.29, 0.717) is 31.1 Å². The average Bonchev–Trinajstić information content (AvgIpc) is 3.38. The van der Waals surface area contributed by atoms with E-state index in [1.807, 2.05) is 0 Å². The van der Waals surface area contributed by atoms with Gasteiger partial charge in [-0.3, -0.25) is 34.2 Å². The zero-order valence-corrected chi connectivity index (χ0v) is 18.4. The molecule has 10 heteroatoms. The molecule has 1 aromatic rings. The van der Waals surface area contributed by atoms with Crippen LogP contribution in [-0.2, 0) is 14.4 Å². The van der Waals surface area contributed by atoms with Crippen molar-refractivity contribution in [2.24, 2.45) is 5.92 Å². The average molecular weight is 456 g/mol. The molecule has 10 nitrogen and oxygen atoms in total. The molecule has 2 atom stereocenters. The molecule has 1 aromatic carbocycles. The largest absolute Gasteiger partial charge is 0.384 e. The number of amides is 5. The van der Waals surface area contributed by atoms with Gasteiger partial charge in [0, 0.05) is 31.6 Å². The van der Waals surface area contributed by atoms with Gasteiger partial charge in [-0.05, 0) is 56.8 Å². The summed E-state index contributed by atoms with van der Waals surface area (Å²) in [6.45, 7) is 3.04. The minimum atomic E-state index is -0.980. The van der Waals surface area contributed by atoms with Gasteiger partial charge in [0.1, 0.15) is 6.04 Å². The number of carbonyl (C=O) groups is 5. The Morgan fingerprint density at radius 2 is 1.88 bits per heavy atom. The van der Waals surface area contributed by atoms with E-state index in [-0.39, 0.29) is 29.9 Å². The maximum atomic E-state index is 13.1. The summed E-state index contributed by atoms with van der Waals surface area (Å²) in [6, 6.07) is 4.02. The van der Waals surface area contributed by atoms with Crippen molar-refractivity contribution >= 4 is 35.2 Å². The van der Waals surface area contributed by atoms with E-state index in [1.54, 1.807) is 18.2 Å². The molecule has 2 saturated heterocycles. The second-order valence-corrected chi connectivity index (χ2v) is 8.72. The second-order valence-electron chi connectivity index (χ2n) is 8.72. The van der Waals surface area contributed by atoms with Crippen LogP contribution in [0, 0.1) is 5.92 Å².